The van der Waals surface area contributed by atoms with Crippen molar-refractivity contribution in [2.75, 3.05) is 6.54 Å². The van der Waals surface area contributed by atoms with Gasteiger partial charge < -0.3 is 5.32 Å². The van der Waals surface area contributed by atoms with Crippen LogP contribution in [-0.2, 0) is 13.1 Å². The predicted molar refractivity (Wildman–Crippen MR) is 87.2 cm³/mol. The highest BCUT2D eigenvalue weighted by atomic mass is 15.3. The average Bonchev–Trinajstić information content (AvgIpc) is 2.75. The summed E-state index contributed by atoms with van der Waals surface area (Å²) in [7, 11) is 0. The second-order valence-electron chi connectivity index (χ2n) is 5.53. The van der Waals surface area contributed by atoms with Crippen LogP contribution < -0.4 is 5.32 Å². The first-order chi connectivity index (χ1) is 10.2. The zero-order valence-corrected chi connectivity index (χ0v) is 13.6. The highest BCUT2D eigenvalue weighted by molar-refractivity contribution is 5.68. The van der Waals surface area contributed by atoms with Gasteiger partial charge in [0.1, 0.15) is 0 Å². The van der Waals surface area contributed by atoms with Crippen molar-refractivity contribution in [3.63, 3.8) is 0 Å². The van der Waals surface area contributed by atoms with E-state index in [4.69, 9.17) is 0 Å². The Morgan fingerprint density at radius 3 is 2.67 bits per heavy atom. The minimum absolute atomic E-state index is 0.871. The van der Waals surface area contributed by atoms with E-state index in [2.05, 4.69) is 53.8 Å². The first-order valence-corrected chi connectivity index (χ1v) is 7.86. The van der Waals surface area contributed by atoms with Gasteiger partial charge in [0.15, 0.2) is 0 Å². The van der Waals surface area contributed by atoms with Crippen LogP contribution in [0.2, 0.25) is 0 Å². The zero-order chi connectivity index (χ0) is 15.2. The number of hydrogen-bond donors (Lipinski definition) is 1. The Hall–Kier alpha value is -1.68. The van der Waals surface area contributed by atoms with Crippen molar-refractivity contribution in [1.82, 2.24) is 20.1 Å². The number of nitrogens with zero attached hydrogens (tertiary/aromatic N) is 3. The summed E-state index contributed by atoms with van der Waals surface area (Å²) in [6.45, 7) is 11.5. The molecule has 2 rings (SSSR count). The summed E-state index contributed by atoms with van der Waals surface area (Å²) < 4.78 is 2.10. The largest absolute Gasteiger partial charge is 0.313 e. The maximum atomic E-state index is 4.65. The van der Waals surface area contributed by atoms with Crippen LogP contribution in [0.4, 0.5) is 0 Å². The summed E-state index contributed by atoms with van der Waals surface area (Å²) in [5, 5.41) is 8.08. The van der Waals surface area contributed by atoms with Gasteiger partial charge in [0, 0.05) is 42.3 Å². The van der Waals surface area contributed by atoms with Crippen LogP contribution in [0.3, 0.4) is 0 Å². The van der Waals surface area contributed by atoms with E-state index < -0.39 is 0 Å². The molecule has 0 bridgehead atoms. The van der Waals surface area contributed by atoms with Crippen LogP contribution in [0.5, 0.6) is 0 Å². The predicted octanol–water partition coefficient (Wildman–Crippen LogP) is 3.47. The lowest BCUT2D eigenvalue weighted by Crippen LogP contribution is -2.13. The third-order valence-corrected chi connectivity index (χ3v) is 3.66. The molecule has 4 nitrogen and oxygen atoms in total. The summed E-state index contributed by atoms with van der Waals surface area (Å²) in [5.41, 5.74) is 5.94. The molecule has 0 saturated heterocycles. The van der Waals surface area contributed by atoms with Crippen LogP contribution in [0.1, 0.15) is 43.6 Å². The monoisotopic (exact) mass is 286 g/mol. The van der Waals surface area contributed by atoms with Crippen molar-refractivity contribution < 1.29 is 0 Å². The lowest BCUT2D eigenvalue weighted by atomic mass is 10.0. The normalized spacial score (nSPS) is 11.0. The second kappa shape index (κ2) is 7.36. The molecule has 1 N–H and O–H groups in total. The van der Waals surface area contributed by atoms with Gasteiger partial charge in [-0.15, -0.1) is 0 Å². The lowest BCUT2D eigenvalue weighted by Gasteiger charge is -2.07. The first-order valence-electron chi connectivity index (χ1n) is 7.86. The van der Waals surface area contributed by atoms with Crippen molar-refractivity contribution in [3.05, 3.63) is 35.4 Å². The number of aryl methyl sites for hydroxylation is 2. The maximum absolute atomic E-state index is 4.65. The lowest BCUT2D eigenvalue weighted by molar-refractivity contribution is 0.583. The van der Waals surface area contributed by atoms with E-state index >= 15 is 0 Å². The number of hydrogen-bond acceptors (Lipinski definition) is 3. The average molecular weight is 286 g/mol. The van der Waals surface area contributed by atoms with Crippen molar-refractivity contribution in [2.45, 2.75) is 53.6 Å². The summed E-state index contributed by atoms with van der Waals surface area (Å²) >= 11 is 0. The molecule has 0 saturated carbocycles. The summed E-state index contributed by atoms with van der Waals surface area (Å²) in [5.74, 6) is 0. The van der Waals surface area contributed by atoms with Gasteiger partial charge in [-0.1, -0.05) is 13.8 Å². The summed E-state index contributed by atoms with van der Waals surface area (Å²) in [6.07, 6.45) is 6.12. The van der Waals surface area contributed by atoms with Crippen molar-refractivity contribution >= 4 is 0 Å². The van der Waals surface area contributed by atoms with Gasteiger partial charge in [0.25, 0.3) is 0 Å². The Kier molecular flexibility index (Phi) is 5.51. The summed E-state index contributed by atoms with van der Waals surface area (Å²) in [6, 6.07) is 2.23. The van der Waals surface area contributed by atoms with Crippen LogP contribution in [-0.4, -0.2) is 21.3 Å². The van der Waals surface area contributed by atoms with Crippen LogP contribution in [0, 0.1) is 13.8 Å². The Balaban J connectivity index is 2.27. The van der Waals surface area contributed by atoms with E-state index in [-0.39, 0.29) is 0 Å². The fourth-order valence-electron chi connectivity index (χ4n) is 2.67. The topological polar surface area (TPSA) is 42.7 Å². The van der Waals surface area contributed by atoms with Crippen molar-refractivity contribution in [1.29, 1.82) is 0 Å². The molecule has 21 heavy (non-hydrogen) atoms. The third kappa shape index (κ3) is 3.70. The fourth-order valence-corrected chi connectivity index (χ4v) is 2.67. The quantitative estimate of drug-likeness (QED) is 0.793. The number of nitrogens with one attached hydrogen (secondary N) is 1. The van der Waals surface area contributed by atoms with Gasteiger partial charge in [-0.25, -0.2) is 0 Å². The van der Waals surface area contributed by atoms with E-state index in [1.807, 2.05) is 12.4 Å². The Morgan fingerprint density at radius 1 is 1.14 bits per heavy atom. The minimum atomic E-state index is 0.871. The van der Waals surface area contributed by atoms with Gasteiger partial charge in [0.2, 0.25) is 0 Å². The van der Waals surface area contributed by atoms with Crippen LogP contribution in [0.25, 0.3) is 11.1 Å². The highest BCUT2D eigenvalue weighted by Crippen LogP contribution is 2.27. The molecule has 114 valence electrons. The highest BCUT2D eigenvalue weighted by Gasteiger charge is 2.13. The van der Waals surface area contributed by atoms with Gasteiger partial charge in [0.05, 0.1) is 5.69 Å². The van der Waals surface area contributed by atoms with Crippen molar-refractivity contribution in [3.8, 4) is 11.1 Å². The molecular weight excluding hydrogens is 260 g/mol. The van der Waals surface area contributed by atoms with Gasteiger partial charge in [-0.05, 0) is 44.9 Å². The molecule has 0 aromatic carbocycles. The standard InChI is InChI=1S/C17H26N4/c1-5-7-18-10-15-9-16(12-19-11-15)17-13(3)20-21(8-6-2)14(17)4/h9,11-12,18H,5-8,10H2,1-4H3. The van der Waals surface area contributed by atoms with Gasteiger partial charge in [-0.3, -0.25) is 9.67 Å². The Labute approximate surface area is 127 Å². The number of aromatic nitrogens is 3. The maximum Gasteiger partial charge on any atom is 0.0675 e. The molecule has 0 aliphatic carbocycles. The molecule has 2 aromatic rings. The number of rotatable bonds is 7. The first kappa shape index (κ1) is 15.7. The molecule has 0 atom stereocenters. The molecular formula is C17H26N4. The van der Waals surface area contributed by atoms with Crippen LogP contribution in [0.15, 0.2) is 18.5 Å². The van der Waals surface area contributed by atoms with Crippen LogP contribution >= 0.6 is 0 Å². The molecule has 0 spiro atoms. The molecule has 0 radical (unpaired) electrons. The number of pyridine rings is 1. The summed E-state index contributed by atoms with van der Waals surface area (Å²) in [4.78, 5) is 4.40. The second-order valence-corrected chi connectivity index (χ2v) is 5.53. The van der Waals surface area contributed by atoms with E-state index in [0.29, 0.717) is 0 Å². The van der Waals surface area contributed by atoms with E-state index in [9.17, 15) is 0 Å². The van der Waals surface area contributed by atoms with Gasteiger partial charge in [-0.2, -0.15) is 5.10 Å². The fraction of sp³-hybridized carbons (Fsp3) is 0.529. The minimum Gasteiger partial charge on any atom is -0.313 e. The molecule has 2 aromatic heterocycles. The van der Waals surface area contributed by atoms with Gasteiger partial charge >= 0.3 is 0 Å². The molecule has 0 aliphatic rings. The van der Waals surface area contributed by atoms with E-state index in [0.717, 1.165) is 38.2 Å². The molecule has 2 heterocycles. The van der Waals surface area contributed by atoms with E-state index in [1.54, 1.807) is 0 Å². The Morgan fingerprint density at radius 2 is 1.95 bits per heavy atom. The van der Waals surface area contributed by atoms with Crippen molar-refractivity contribution in [2.24, 2.45) is 0 Å². The SMILES string of the molecule is CCCNCc1cncc(-c2c(C)nn(CCC)c2C)c1. The third-order valence-electron chi connectivity index (χ3n) is 3.66. The zero-order valence-electron chi connectivity index (χ0n) is 13.6. The molecule has 4 heteroatoms. The molecule has 0 unspecified atom stereocenters. The van der Waals surface area contributed by atoms with E-state index in [1.165, 1.54) is 22.4 Å². The Bertz CT molecular complexity index is 586. The molecule has 0 fully saturated rings. The molecule has 0 aliphatic heterocycles. The molecule has 0 amide bonds. The smallest absolute Gasteiger partial charge is 0.0675 e.